The average Bonchev–Trinajstić information content (AvgIpc) is 3.09. The van der Waals surface area contributed by atoms with Crippen LogP contribution in [0.25, 0.3) is 6.08 Å². The molecule has 0 saturated heterocycles. The summed E-state index contributed by atoms with van der Waals surface area (Å²) in [4.78, 5) is 26.3. The lowest BCUT2D eigenvalue weighted by molar-refractivity contribution is -0.111. The first-order chi connectivity index (χ1) is 14.7. The molecule has 1 aromatic heterocycles. The molecule has 3 rings (SSSR count). The number of halogens is 2. The van der Waals surface area contributed by atoms with Crippen LogP contribution in [0.1, 0.15) is 60.0 Å². The first kappa shape index (κ1) is 23.8. The number of esters is 1. The molecule has 0 unspecified atom stereocenters. The topological polar surface area (TPSA) is 55.4 Å². The first-order valence-electron chi connectivity index (χ1n) is 10.3. The summed E-state index contributed by atoms with van der Waals surface area (Å²) in [5, 5.41) is 4.32. The second kappa shape index (κ2) is 9.76. The van der Waals surface area contributed by atoms with E-state index in [0.717, 1.165) is 36.1 Å². The zero-order valence-electron chi connectivity index (χ0n) is 18.2. The maximum Gasteiger partial charge on any atom is 0.341 e. The van der Waals surface area contributed by atoms with Gasteiger partial charge in [-0.3, -0.25) is 4.79 Å². The quantitative estimate of drug-likeness (QED) is 0.357. The number of thiophene rings is 1. The molecule has 1 aliphatic carbocycles. The molecule has 0 bridgehead atoms. The second-order valence-corrected chi connectivity index (χ2v) is 10.4. The summed E-state index contributed by atoms with van der Waals surface area (Å²) in [7, 11) is 1.36. The molecule has 0 spiro atoms. The summed E-state index contributed by atoms with van der Waals surface area (Å²) >= 11 is 13.8. The van der Waals surface area contributed by atoms with Crippen LogP contribution in [-0.2, 0) is 22.4 Å². The van der Waals surface area contributed by atoms with E-state index < -0.39 is 5.97 Å². The van der Waals surface area contributed by atoms with Gasteiger partial charge in [0.25, 0.3) is 0 Å². The number of benzene rings is 1. The fraction of sp³-hybridized carbons (Fsp3) is 0.417. The van der Waals surface area contributed by atoms with Crippen molar-refractivity contribution in [1.29, 1.82) is 0 Å². The highest BCUT2D eigenvalue weighted by Crippen LogP contribution is 2.45. The number of rotatable bonds is 6. The van der Waals surface area contributed by atoms with Crippen LogP contribution < -0.4 is 5.32 Å². The summed E-state index contributed by atoms with van der Waals surface area (Å²) in [5.41, 5.74) is 2.29. The molecule has 1 atom stereocenters. The van der Waals surface area contributed by atoms with Crippen molar-refractivity contribution in [1.82, 2.24) is 0 Å². The molecule has 31 heavy (non-hydrogen) atoms. The maximum atomic E-state index is 12.6. The molecule has 0 fully saturated rings. The van der Waals surface area contributed by atoms with Crippen molar-refractivity contribution in [3.05, 3.63) is 55.9 Å². The Bertz CT molecular complexity index is 1010. The van der Waals surface area contributed by atoms with Gasteiger partial charge in [-0.05, 0) is 54.4 Å². The minimum atomic E-state index is -0.417. The van der Waals surface area contributed by atoms with Crippen molar-refractivity contribution in [3.8, 4) is 0 Å². The third-order valence-corrected chi connectivity index (χ3v) is 8.14. The monoisotopic (exact) mass is 479 g/mol. The average molecular weight is 480 g/mol. The van der Waals surface area contributed by atoms with Crippen molar-refractivity contribution in [2.45, 2.75) is 46.5 Å². The van der Waals surface area contributed by atoms with E-state index in [4.69, 9.17) is 27.9 Å². The zero-order chi connectivity index (χ0) is 22.8. The Balaban J connectivity index is 1.87. The Kier molecular flexibility index (Phi) is 7.51. The van der Waals surface area contributed by atoms with Crippen LogP contribution in [-0.4, -0.2) is 19.0 Å². The summed E-state index contributed by atoms with van der Waals surface area (Å²) in [6, 6.07) is 5.16. The molecule has 1 aromatic carbocycles. The minimum Gasteiger partial charge on any atom is -0.465 e. The molecule has 0 radical (unpaired) electrons. The van der Waals surface area contributed by atoms with Crippen LogP contribution >= 0.6 is 34.5 Å². The van der Waals surface area contributed by atoms with Gasteiger partial charge in [0.2, 0.25) is 5.91 Å². The van der Waals surface area contributed by atoms with Crippen LogP contribution in [0.15, 0.2) is 24.3 Å². The van der Waals surface area contributed by atoms with E-state index in [0.29, 0.717) is 32.1 Å². The van der Waals surface area contributed by atoms with Crippen LogP contribution in [0, 0.1) is 11.3 Å². The second-order valence-electron chi connectivity index (χ2n) is 8.44. The van der Waals surface area contributed by atoms with Crippen LogP contribution in [0.3, 0.4) is 0 Å². The van der Waals surface area contributed by atoms with Gasteiger partial charge < -0.3 is 10.1 Å². The zero-order valence-corrected chi connectivity index (χ0v) is 20.5. The van der Waals surface area contributed by atoms with Gasteiger partial charge >= 0.3 is 5.97 Å². The van der Waals surface area contributed by atoms with E-state index >= 15 is 0 Å². The summed E-state index contributed by atoms with van der Waals surface area (Å²) < 4.78 is 5.02. The number of hydrogen-bond donors (Lipinski definition) is 1. The number of fused-ring (bicyclic) bond motifs is 1. The van der Waals surface area contributed by atoms with Gasteiger partial charge in [-0.15, -0.1) is 11.3 Å². The number of carbonyl (C=O) groups is 2. The van der Waals surface area contributed by atoms with Crippen LogP contribution in [0.2, 0.25) is 10.0 Å². The van der Waals surface area contributed by atoms with Gasteiger partial charge in [0, 0.05) is 26.6 Å². The molecule has 1 aliphatic rings. The standard InChI is InChI=1S/C24H27Cl2NO3S/c1-5-24(2,3)14-9-10-16-19(13-14)31-22(21(16)23(29)30-4)27-20(28)12-11-15-17(25)7-6-8-18(15)26/h6-8,11-12,14H,5,9-10,13H2,1-4H3,(H,27,28)/b12-11-/t14-/m1/s1. The Morgan fingerprint density at radius 2 is 1.97 bits per heavy atom. The minimum absolute atomic E-state index is 0.230. The first-order valence-corrected chi connectivity index (χ1v) is 11.9. The fourth-order valence-corrected chi connectivity index (χ4v) is 5.77. The smallest absolute Gasteiger partial charge is 0.341 e. The molecule has 1 N–H and O–H groups in total. The Morgan fingerprint density at radius 1 is 1.29 bits per heavy atom. The predicted molar refractivity (Wildman–Crippen MR) is 129 cm³/mol. The lowest BCUT2D eigenvalue weighted by Gasteiger charge is -2.36. The van der Waals surface area contributed by atoms with E-state index in [1.807, 2.05) is 0 Å². The normalized spacial score (nSPS) is 16.3. The van der Waals surface area contributed by atoms with Crippen molar-refractivity contribution in [3.63, 3.8) is 0 Å². The Morgan fingerprint density at radius 3 is 2.58 bits per heavy atom. The third-order valence-electron chi connectivity index (χ3n) is 6.31. The lowest BCUT2D eigenvalue weighted by Crippen LogP contribution is -2.28. The van der Waals surface area contributed by atoms with Crippen molar-refractivity contribution in [2.24, 2.45) is 11.3 Å². The summed E-state index contributed by atoms with van der Waals surface area (Å²) in [5.74, 6) is -0.232. The van der Waals surface area contributed by atoms with E-state index in [1.54, 1.807) is 24.3 Å². The van der Waals surface area contributed by atoms with E-state index in [9.17, 15) is 9.59 Å². The predicted octanol–water partition coefficient (Wildman–Crippen LogP) is 7.03. The van der Waals surface area contributed by atoms with Gasteiger partial charge in [0.05, 0.1) is 12.7 Å². The van der Waals surface area contributed by atoms with Gasteiger partial charge in [0.15, 0.2) is 0 Å². The number of amides is 1. The highest BCUT2D eigenvalue weighted by atomic mass is 35.5. The Labute approximate surface area is 197 Å². The van der Waals surface area contributed by atoms with Crippen LogP contribution in [0.4, 0.5) is 5.00 Å². The number of anilines is 1. The molecule has 166 valence electrons. The molecular weight excluding hydrogens is 453 g/mol. The van der Waals surface area contributed by atoms with Gasteiger partial charge in [-0.2, -0.15) is 0 Å². The van der Waals surface area contributed by atoms with Gasteiger partial charge in [-0.1, -0.05) is 56.5 Å². The number of ether oxygens (including phenoxy) is 1. The highest BCUT2D eigenvalue weighted by Gasteiger charge is 2.35. The largest absolute Gasteiger partial charge is 0.465 e. The molecule has 0 saturated carbocycles. The SMILES string of the molecule is CCC(C)(C)[C@@H]1CCc2c(sc(NC(=O)/C=C\c3c(Cl)cccc3Cl)c2C(=O)OC)C1. The van der Waals surface area contributed by atoms with Crippen molar-refractivity contribution in [2.75, 3.05) is 12.4 Å². The molecule has 4 nitrogen and oxygen atoms in total. The third kappa shape index (κ3) is 5.16. The van der Waals surface area contributed by atoms with Crippen molar-refractivity contribution >= 4 is 57.5 Å². The summed E-state index contributed by atoms with van der Waals surface area (Å²) in [6.45, 7) is 6.81. The maximum absolute atomic E-state index is 12.6. The number of hydrogen-bond acceptors (Lipinski definition) is 4. The Hall–Kier alpha value is -1.82. The molecule has 2 aromatic rings. The number of nitrogens with one attached hydrogen (secondary N) is 1. The van der Waals surface area contributed by atoms with Gasteiger partial charge in [-0.25, -0.2) is 4.79 Å². The van der Waals surface area contributed by atoms with E-state index in [1.165, 1.54) is 24.5 Å². The molecule has 7 heteroatoms. The number of methoxy groups -OCH3 is 1. The molecule has 1 heterocycles. The molecule has 0 aliphatic heterocycles. The summed E-state index contributed by atoms with van der Waals surface area (Å²) in [6.07, 6.45) is 6.78. The van der Waals surface area contributed by atoms with Gasteiger partial charge in [0.1, 0.15) is 5.00 Å². The van der Waals surface area contributed by atoms with E-state index in [2.05, 4.69) is 26.1 Å². The molecule has 1 amide bonds. The number of carbonyl (C=O) groups excluding carboxylic acids is 2. The highest BCUT2D eigenvalue weighted by molar-refractivity contribution is 7.17. The van der Waals surface area contributed by atoms with E-state index in [-0.39, 0.29) is 11.3 Å². The molecular formula is C24H27Cl2NO3S. The van der Waals surface area contributed by atoms with Crippen LogP contribution in [0.5, 0.6) is 0 Å². The lowest BCUT2D eigenvalue weighted by atomic mass is 9.69. The fourth-order valence-electron chi connectivity index (χ4n) is 3.93. The van der Waals surface area contributed by atoms with Crippen molar-refractivity contribution < 1.29 is 14.3 Å².